The van der Waals surface area contributed by atoms with Crippen LogP contribution in [0.15, 0.2) is 29.2 Å². The maximum atomic E-state index is 11.8. The van der Waals surface area contributed by atoms with Crippen molar-refractivity contribution < 1.29 is 18.3 Å². The summed E-state index contributed by atoms with van der Waals surface area (Å²) in [5.74, 6) is -0.100. The second-order valence-corrected chi connectivity index (χ2v) is 6.35. The fourth-order valence-electron chi connectivity index (χ4n) is 2.08. The zero-order chi connectivity index (χ0) is 14.0. The molecule has 1 atom stereocenters. The molecule has 1 amide bonds. The summed E-state index contributed by atoms with van der Waals surface area (Å²) in [6.45, 7) is 0.446. The molecule has 0 saturated carbocycles. The molecule has 1 fully saturated rings. The molecule has 1 saturated heterocycles. The third-order valence-corrected chi connectivity index (χ3v) is 4.62. The second-order valence-electron chi connectivity index (χ2n) is 4.46. The Morgan fingerprint density at radius 3 is 2.47 bits per heavy atom. The summed E-state index contributed by atoms with van der Waals surface area (Å²) in [5, 5.41) is 9.06. The van der Waals surface area contributed by atoms with Crippen LogP contribution in [-0.4, -0.2) is 39.6 Å². The first kappa shape index (κ1) is 14.0. The second kappa shape index (κ2) is 5.28. The topological polar surface area (TPSA) is 86.7 Å². The van der Waals surface area contributed by atoms with E-state index in [1.165, 1.54) is 19.2 Å². The Hall–Kier alpha value is -1.44. The summed E-state index contributed by atoms with van der Waals surface area (Å²) in [6.07, 6.45) is 0.326. The van der Waals surface area contributed by atoms with E-state index in [1.54, 1.807) is 17.0 Å². The van der Waals surface area contributed by atoms with Gasteiger partial charge in [-0.1, -0.05) is 0 Å². The first-order valence-electron chi connectivity index (χ1n) is 5.93. The van der Waals surface area contributed by atoms with Crippen LogP contribution < -0.4 is 9.62 Å². The van der Waals surface area contributed by atoms with Gasteiger partial charge in [-0.3, -0.25) is 4.79 Å². The third-order valence-electron chi connectivity index (χ3n) is 3.19. The van der Waals surface area contributed by atoms with Crippen molar-refractivity contribution in [2.24, 2.45) is 5.92 Å². The van der Waals surface area contributed by atoms with E-state index in [0.29, 0.717) is 18.7 Å². The molecule has 0 radical (unpaired) electrons. The molecule has 0 spiro atoms. The molecule has 7 heteroatoms. The van der Waals surface area contributed by atoms with E-state index in [1.807, 2.05) is 0 Å². The highest BCUT2D eigenvalue weighted by molar-refractivity contribution is 7.89. The highest BCUT2D eigenvalue weighted by atomic mass is 32.2. The molecule has 2 N–H and O–H groups in total. The van der Waals surface area contributed by atoms with E-state index in [-0.39, 0.29) is 23.3 Å². The lowest BCUT2D eigenvalue weighted by Crippen LogP contribution is -2.25. The molecule has 1 heterocycles. The molecular weight excluding hydrogens is 268 g/mol. The molecule has 2 rings (SSSR count). The van der Waals surface area contributed by atoms with Gasteiger partial charge < -0.3 is 10.0 Å². The van der Waals surface area contributed by atoms with Crippen LogP contribution in [0, 0.1) is 5.92 Å². The average molecular weight is 284 g/mol. The number of hydrogen-bond donors (Lipinski definition) is 2. The zero-order valence-electron chi connectivity index (χ0n) is 10.5. The summed E-state index contributed by atoms with van der Waals surface area (Å²) in [4.78, 5) is 13.5. The van der Waals surface area contributed by atoms with E-state index >= 15 is 0 Å². The largest absolute Gasteiger partial charge is 0.396 e. The Balaban J connectivity index is 2.22. The number of aliphatic hydroxyl groups is 1. The Kier molecular flexibility index (Phi) is 3.88. The number of nitrogens with one attached hydrogen (secondary N) is 1. The molecule has 1 aliphatic rings. The van der Waals surface area contributed by atoms with Gasteiger partial charge in [0.25, 0.3) is 0 Å². The number of anilines is 1. The number of aliphatic hydroxyl groups excluding tert-OH is 1. The lowest BCUT2D eigenvalue weighted by Gasteiger charge is -2.16. The van der Waals surface area contributed by atoms with Gasteiger partial charge in [-0.2, -0.15) is 0 Å². The molecule has 0 aliphatic carbocycles. The number of carbonyl (C=O) groups excluding carboxylic acids is 1. The molecule has 0 aromatic heterocycles. The lowest BCUT2D eigenvalue weighted by molar-refractivity contribution is -0.117. The predicted octanol–water partition coefficient (Wildman–Crippen LogP) is -0.0601. The minimum atomic E-state index is -3.46. The quantitative estimate of drug-likeness (QED) is 0.811. The maximum absolute atomic E-state index is 11.8. The van der Waals surface area contributed by atoms with Gasteiger partial charge in [0.15, 0.2) is 0 Å². The van der Waals surface area contributed by atoms with Crippen LogP contribution in [0.25, 0.3) is 0 Å². The highest BCUT2D eigenvalue weighted by Gasteiger charge is 2.30. The number of amides is 1. The van der Waals surface area contributed by atoms with E-state index in [0.717, 1.165) is 0 Å². The Bertz CT molecular complexity index is 568. The maximum Gasteiger partial charge on any atom is 0.240 e. The number of sulfonamides is 1. The summed E-state index contributed by atoms with van der Waals surface area (Å²) < 4.78 is 25.4. The van der Waals surface area contributed by atoms with Gasteiger partial charge in [0, 0.05) is 31.2 Å². The lowest BCUT2D eigenvalue weighted by atomic mass is 10.1. The standard InChI is InChI=1S/C12H16N2O4S/c1-13-19(17,18)11-4-2-10(3-5-11)14-7-9(8-15)6-12(14)16/h2-5,9,13,15H,6-8H2,1H3. The van der Waals surface area contributed by atoms with Crippen molar-refractivity contribution in [3.8, 4) is 0 Å². The van der Waals surface area contributed by atoms with Crippen LogP contribution in [0.3, 0.4) is 0 Å². The number of rotatable bonds is 4. The van der Waals surface area contributed by atoms with Crippen molar-refractivity contribution in [3.63, 3.8) is 0 Å². The highest BCUT2D eigenvalue weighted by Crippen LogP contribution is 2.25. The van der Waals surface area contributed by atoms with Crippen LogP contribution in [0.5, 0.6) is 0 Å². The van der Waals surface area contributed by atoms with Gasteiger partial charge in [-0.15, -0.1) is 0 Å². The zero-order valence-corrected chi connectivity index (χ0v) is 11.4. The molecule has 1 aromatic carbocycles. The molecule has 1 aliphatic heterocycles. The summed E-state index contributed by atoms with van der Waals surface area (Å²) in [5.41, 5.74) is 0.649. The fraction of sp³-hybridized carbons (Fsp3) is 0.417. The molecule has 0 bridgehead atoms. The Labute approximate surface area is 112 Å². The van der Waals surface area contributed by atoms with Crippen LogP contribution in [-0.2, 0) is 14.8 Å². The number of carbonyl (C=O) groups is 1. The first-order chi connectivity index (χ1) is 8.97. The van der Waals surface area contributed by atoms with E-state index in [4.69, 9.17) is 5.11 Å². The SMILES string of the molecule is CNS(=O)(=O)c1ccc(N2CC(CO)CC2=O)cc1. The van der Waals surface area contributed by atoms with Crippen molar-refractivity contribution in [2.75, 3.05) is 25.1 Å². The molecule has 19 heavy (non-hydrogen) atoms. The smallest absolute Gasteiger partial charge is 0.240 e. The van der Waals surface area contributed by atoms with Gasteiger partial charge in [-0.05, 0) is 31.3 Å². The summed E-state index contributed by atoms with van der Waals surface area (Å²) in [6, 6.07) is 6.12. The fourth-order valence-corrected chi connectivity index (χ4v) is 2.81. The van der Waals surface area contributed by atoms with Crippen molar-refractivity contribution >= 4 is 21.6 Å². The number of nitrogens with zero attached hydrogens (tertiary/aromatic N) is 1. The van der Waals surface area contributed by atoms with Gasteiger partial charge >= 0.3 is 0 Å². The first-order valence-corrected chi connectivity index (χ1v) is 7.41. The van der Waals surface area contributed by atoms with E-state index in [2.05, 4.69) is 4.72 Å². The summed E-state index contributed by atoms with van der Waals surface area (Å²) >= 11 is 0. The molecule has 6 nitrogen and oxygen atoms in total. The van der Waals surface area contributed by atoms with Crippen LogP contribution in [0.2, 0.25) is 0 Å². The molecule has 1 unspecified atom stereocenters. The molecular formula is C12H16N2O4S. The monoisotopic (exact) mass is 284 g/mol. The molecule has 104 valence electrons. The van der Waals surface area contributed by atoms with Gasteiger partial charge in [0.1, 0.15) is 0 Å². The van der Waals surface area contributed by atoms with Crippen molar-refractivity contribution in [1.82, 2.24) is 4.72 Å². The van der Waals surface area contributed by atoms with Gasteiger partial charge in [0.2, 0.25) is 15.9 Å². The van der Waals surface area contributed by atoms with E-state index in [9.17, 15) is 13.2 Å². The normalized spacial score (nSPS) is 20.0. The Morgan fingerprint density at radius 2 is 2.00 bits per heavy atom. The van der Waals surface area contributed by atoms with Crippen LogP contribution >= 0.6 is 0 Å². The van der Waals surface area contributed by atoms with E-state index < -0.39 is 10.0 Å². The van der Waals surface area contributed by atoms with Gasteiger partial charge in [0.05, 0.1) is 4.90 Å². The predicted molar refractivity (Wildman–Crippen MR) is 70.2 cm³/mol. The van der Waals surface area contributed by atoms with Crippen molar-refractivity contribution in [1.29, 1.82) is 0 Å². The Morgan fingerprint density at radius 1 is 1.37 bits per heavy atom. The minimum Gasteiger partial charge on any atom is -0.396 e. The van der Waals surface area contributed by atoms with Crippen molar-refractivity contribution in [3.05, 3.63) is 24.3 Å². The average Bonchev–Trinajstić information content (AvgIpc) is 2.80. The summed E-state index contributed by atoms with van der Waals surface area (Å²) in [7, 11) is -2.11. The number of hydrogen-bond acceptors (Lipinski definition) is 4. The van der Waals surface area contributed by atoms with Gasteiger partial charge in [-0.25, -0.2) is 13.1 Å². The molecule has 1 aromatic rings. The van der Waals surface area contributed by atoms with Crippen LogP contribution in [0.1, 0.15) is 6.42 Å². The van der Waals surface area contributed by atoms with Crippen molar-refractivity contribution in [2.45, 2.75) is 11.3 Å². The number of benzene rings is 1. The minimum absolute atomic E-state index is 0.0194. The van der Waals surface area contributed by atoms with Crippen LogP contribution in [0.4, 0.5) is 5.69 Å². The third kappa shape index (κ3) is 2.78.